The molecule has 0 bridgehead atoms. The van der Waals surface area contributed by atoms with Crippen molar-refractivity contribution in [2.24, 2.45) is 5.92 Å². The molecule has 1 saturated heterocycles. The number of hydrogen-bond acceptors (Lipinski definition) is 5. The van der Waals surface area contributed by atoms with Crippen molar-refractivity contribution >= 4 is 5.95 Å². The van der Waals surface area contributed by atoms with Crippen LogP contribution >= 0.6 is 0 Å². The average molecular weight is 236 g/mol. The molecule has 1 aromatic rings. The maximum absolute atomic E-state index is 5.11. The van der Waals surface area contributed by atoms with Crippen LogP contribution in [0.15, 0.2) is 12.3 Å². The van der Waals surface area contributed by atoms with Crippen molar-refractivity contribution in [2.75, 3.05) is 38.7 Å². The van der Waals surface area contributed by atoms with E-state index in [1.807, 2.05) is 7.05 Å². The Kier molecular flexibility index (Phi) is 4.14. The van der Waals surface area contributed by atoms with Crippen LogP contribution < -0.4 is 15.0 Å². The lowest BCUT2D eigenvalue weighted by molar-refractivity contribution is 0.374. The number of aromatic nitrogens is 2. The fourth-order valence-corrected chi connectivity index (χ4v) is 2.16. The highest BCUT2D eigenvalue weighted by Crippen LogP contribution is 2.16. The second kappa shape index (κ2) is 5.82. The van der Waals surface area contributed by atoms with Gasteiger partial charge in [-0.1, -0.05) is 0 Å². The first-order valence-corrected chi connectivity index (χ1v) is 6.08. The normalized spacial score (nSPS) is 16.8. The fourth-order valence-electron chi connectivity index (χ4n) is 2.16. The molecule has 1 aliphatic heterocycles. The summed E-state index contributed by atoms with van der Waals surface area (Å²) in [6.45, 7) is 3.25. The van der Waals surface area contributed by atoms with Crippen LogP contribution in [0.5, 0.6) is 5.88 Å². The molecule has 1 fully saturated rings. The van der Waals surface area contributed by atoms with Gasteiger partial charge in [0, 0.05) is 25.9 Å². The Morgan fingerprint density at radius 1 is 1.47 bits per heavy atom. The van der Waals surface area contributed by atoms with Crippen molar-refractivity contribution in [1.29, 1.82) is 0 Å². The van der Waals surface area contributed by atoms with E-state index in [-0.39, 0.29) is 0 Å². The standard InChI is InChI=1S/C12H20N4O/c1-16(9-10-3-6-13-7-4-10)12-14-8-5-11(15-12)17-2/h5,8,10,13H,3-4,6-7,9H2,1-2H3. The van der Waals surface area contributed by atoms with Crippen molar-refractivity contribution in [3.05, 3.63) is 12.3 Å². The third-order valence-electron chi connectivity index (χ3n) is 3.16. The summed E-state index contributed by atoms with van der Waals surface area (Å²) in [5.74, 6) is 2.09. The first-order valence-electron chi connectivity index (χ1n) is 6.08. The Balaban J connectivity index is 1.95. The van der Waals surface area contributed by atoms with Gasteiger partial charge in [-0.3, -0.25) is 0 Å². The van der Waals surface area contributed by atoms with Crippen molar-refractivity contribution < 1.29 is 4.74 Å². The molecule has 2 heterocycles. The Morgan fingerprint density at radius 2 is 2.24 bits per heavy atom. The number of hydrogen-bond donors (Lipinski definition) is 1. The minimum absolute atomic E-state index is 0.618. The van der Waals surface area contributed by atoms with E-state index >= 15 is 0 Å². The second-order valence-corrected chi connectivity index (χ2v) is 4.47. The largest absolute Gasteiger partial charge is 0.481 e. The summed E-state index contributed by atoms with van der Waals surface area (Å²) in [7, 11) is 3.66. The summed E-state index contributed by atoms with van der Waals surface area (Å²) >= 11 is 0. The number of anilines is 1. The maximum Gasteiger partial charge on any atom is 0.228 e. The highest BCUT2D eigenvalue weighted by atomic mass is 16.5. The Labute approximate surface area is 102 Å². The molecule has 5 nitrogen and oxygen atoms in total. The Bertz CT molecular complexity index is 352. The van der Waals surface area contributed by atoms with Gasteiger partial charge < -0.3 is 15.0 Å². The lowest BCUT2D eigenvalue weighted by atomic mass is 9.98. The summed E-state index contributed by atoms with van der Waals surface area (Å²) < 4.78 is 5.11. The van der Waals surface area contributed by atoms with Crippen LogP contribution in [0.3, 0.4) is 0 Å². The van der Waals surface area contributed by atoms with Gasteiger partial charge in [0.15, 0.2) is 0 Å². The van der Waals surface area contributed by atoms with E-state index in [1.165, 1.54) is 12.8 Å². The predicted octanol–water partition coefficient (Wildman–Crippen LogP) is 0.921. The fraction of sp³-hybridized carbons (Fsp3) is 0.667. The molecule has 5 heteroatoms. The second-order valence-electron chi connectivity index (χ2n) is 4.47. The summed E-state index contributed by atoms with van der Waals surface area (Å²) in [6, 6.07) is 1.77. The monoisotopic (exact) mass is 236 g/mol. The molecule has 0 atom stereocenters. The first-order chi connectivity index (χ1) is 8.29. The van der Waals surface area contributed by atoms with Gasteiger partial charge in [0.2, 0.25) is 11.8 Å². The Morgan fingerprint density at radius 3 is 2.94 bits per heavy atom. The summed E-state index contributed by atoms with van der Waals surface area (Å²) in [5, 5.41) is 3.38. The van der Waals surface area contributed by atoms with Gasteiger partial charge in [-0.05, 0) is 31.8 Å². The summed E-state index contributed by atoms with van der Waals surface area (Å²) in [5.41, 5.74) is 0. The van der Waals surface area contributed by atoms with Gasteiger partial charge in [0.1, 0.15) is 0 Å². The van der Waals surface area contributed by atoms with E-state index in [1.54, 1.807) is 19.4 Å². The zero-order valence-electron chi connectivity index (χ0n) is 10.5. The lowest BCUT2D eigenvalue weighted by Gasteiger charge is -2.27. The molecular formula is C12H20N4O. The molecule has 0 saturated carbocycles. The van der Waals surface area contributed by atoms with Crippen molar-refractivity contribution in [2.45, 2.75) is 12.8 Å². The van der Waals surface area contributed by atoms with Crippen LogP contribution in [0, 0.1) is 5.92 Å². The van der Waals surface area contributed by atoms with Gasteiger partial charge in [-0.2, -0.15) is 4.98 Å². The van der Waals surface area contributed by atoms with E-state index in [0.29, 0.717) is 5.88 Å². The quantitative estimate of drug-likeness (QED) is 0.842. The average Bonchev–Trinajstić information content (AvgIpc) is 2.40. The highest BCUT2D eigenvalue weighted by molar-refractivity contribution is 5.30. The molecule has 1 aliphatic rings. The number of methoxy groups -OCH3 is 1. The molecule has 0 radical (unpaired) electrons. The molecule has 0 aromatic carbocycles. The molecule has 1 N–H and O–H groups in total. The summed E-state index contributed by atoms with van der Waals surface area (Å²) in [4.78, 5) is 10.7. The van der Waals surface area contributed by atoms with Gasteiger partial charge in [0.05, 0.1) is 7.11 Å². The number of ether oxygens (including phenoxy) is 1. The van der Waals surface area contributed by atoms with Gasteiger partial charge in [-0.25, -0.2) is 4.98 Å². The number of piperidine rings is 1. The SMILES string of the molecule is COc1ccnc(N(C)CC2CCNCC2)n1. The molecule has 94 valence electrons. The van der Waals surface area contributed by atoms with Crippen molar-refractivity contribution in [3.63, 3.8) is 0 Å². The zero-order chi connectivity index (χ0) is 12.1. The third-order valence-corrected chi connectivity index (χ3v) is 3.16. The zero-order valence-corrected chi connectivity index (χ0v) is 10.5. The minimum Gasteiger partial charge on any atom is -0.481 e. The van der Waals surface area contributed by atoms with Crippen LogP contribution in [0.4, 0.5) is 5.95 Å². The van der Waals surface area contributed by atoms with Crippen LogP contribution in [0.2, 0.25) is 0 Å². The van der Waals surface area contributed by atoms with Crippen molar-refractivity contribution in [1.82, 2.24) is 15.3 Å². The molecule has 0 unspecified atom stereocenters. The number of rotatable bonds is 4. The van der Waals surface area contributed by atoms with E-state index in [4.69, 9.17) is 4.74 Å². The van der Waals surface area contributed by atoms with Gasteiger partial charge >= 0.3 is 0 Å². The molecule has 0 spiro atoms. The van der Waals surface area contributed by atoms with Crippen LogP contribution in [0.1, 0.15) is 12.8 Å². The predicted molar refractivity (Wildman–Crippen MR) is 67.4 cm³/mol. The van der Waals surface area contributed by atoms with Crippen LogP contribution in [-0.4, -0.2) is 43.8 Å². The van der Waals surface area contributed by atoms with Gasteiger partial charge in [0.25, 0.3) is 0 Å². The number of nitrogens with zero attached hydrogens (tertiary/aromatic N) is 3. The van der Waals surface area contributed by atoms with Crippen LogP contribution in [0.25, 0.3) is 0 Å². The van der Waals surface area contributed by atoms with E-state index < -0.39 is 0 Å². The van der Waals surface area contributed by atoms with E-state index in [0.717, 1.165) is 31.5 Å². The molecule has 1 aromatic heterocycles. The molecule has 17 heavy (non-hydrogen) atoms. The van der Waals surface area contributed by atoms with E-state index in [2.05, 4.69) is 20.2 Å². The molecule has 0 aliphatic carbocycles. The molecular weight excluding hydrogens is 216 g/mol. The lowest BCUT2D eigenvalue weighted by Crippen LogP contribution is -2.35. The van der Waals surface area contributed by atoms with Crippen LogP contribution in [-0.2, 0) is 0 Å². The Hall–Kier alpha value is -1.36. The third kappa shape index (κ3) is 3.30. The highest BCUT2D eigenvalue weighted by Gasteiger charge is 2.16. The van der Waals surface area contributed by atoms with Gasteiger partial charge in [-0.15, -0.1) is 0 Å². The maximum atomic E-state index is 5.11. The number of nitrogens with one attached hydrogen (secondary N) is 1. The topological polar surface area (TPSA) is 50.3 Å². The molecule has 0 amide bonds. The van der Waals surface area contributed by atoms with Crippen molar-refractivity contribution in [3.8, 4) is 5.88 Å². The summed E-state index contributed by atoms with van der Waals surface area (Å²) in [6.07, 6.45) is 4.20. The first kappa shape index (κ1) is 12.1. The minimum atomic E-state index is 0.618. The van der Waals surface area contributed by atoms with E-state index in [9.17, 15) is 0 Å². The molecule has 2 rings (SSSR count). The smallest absolute Gasteiger partial charge is 0.228 e.